The van der Waals surface area contributed by atoms with Crippen molar-refractivity contribution >= 4 is 24.6 Å². The van der Waals surface area contributed by atoms with Crippen LogP contribution in [0.1, 0.15) is 39.6 Å². The summed E-state index contributed by atoms with van der Waals surface area (Å²) in [5.41, 5.74) is -2.80. The van der Waals surface area contributed by atoms with E-state index in [2.05, 4.69) is 5.09 Å². The molecule has 3 heterocycles. The Morgan fingerprint density at radius 3 is 2.53 bits per heavy atom. The number of esters is 1. The second-order valence-electron chi connectivity index (χ2n) is 10.9. The first kappa shape index (κ1) is 32.6. The smallest absolute Gasteiger partial charge is 0.459 e. The third kappa shape index (κ3) is 6.31. The maximum atomic E-state index is 15.8. The molecule has 1 aliphatic heterocycles. The quantitative estimate of drug-likeness (QED) is 0.253. The number of benzene rings is 1. The number of carbonyl (C=O) groups excluding carboxylic acids is 1. The van der Waals surface area contributed by atoms with E-state index in [-0.39, 0.29) is 5.39 Å². The van der Waals surface area contributed by atoms with E-state index in [1.807, 2.05) is 0 Å². The molecule has 0 unspecified atom stereocenters. The molecule has 0 aliphatic carbocycles. The highest BCUT2D eigenvalue weighted by Crippen LogP contribution is 2.48. The molecule has 3 aromatic rings. The molecule has 2 aromatic heterocycles. The number of hydrogen-bond donors (Lipinski definition) is 2. The molecule has 2 N–H and O–H groups in total. The lowest BCUT2D eigenvalue weighted by Gasteiger charge is -2.25. The fourth-order valence-corrected chi connectivity index (χ4v) is 6.19. The Balaban J connectivity index is 1.63. The first-order chi connectivity index (χ1) is 20.0. The van der Waals surface area contributed by atoms with Crippen LogP contribution in [0.3, 0.4) is 0 Å². The van der Waals surface area contributed by atoms with Crippen molar-refractivity contribution in [3.8, 4) is 5.75 Å². The number of ether oxygens (including phenoxy) is 2. The van der Waals surface area contributed by atoms with Crippen LogP contribution < -0.4 is 20.9 Å². The lowest BCUT2D eigenvalue weighted by Crippen LogP contribution is -2.45. The van der Waals surface area contributed by atoms with Gasteiger partial charge in [-0.1, -0.05) is 0 Å². The molecule has 16 heteroatoms. The Morgan fingerprint density at radius 1 is 1.21 bits per heavy atom. The summed E-state index contributed by atoms with van der Waals surface area (Å²) in [6, 6.07) is 4.13. The zero-order valence-electron chi connectivity index (χ0n) is 24.7. The van der Waals surface area contributed by atoms with Crippen molar-refractivity contribution in [3.05, 3.63) is 62.8 Å². The Hall–Kier alpha value is -3.36. The third-order valence-corrected chi connectivity index (χ3v) is 8.86. The van der Waals surface area contributed by atoms with Crippen LogP contribution in [0.4, 0.5) is 8.78 Å². The van der Waals surface area contributed by atoms with Gasteiger partial charge in [-0.2, -0.15) is 5.09 Å². The zero-order chi connectivity index (χ0) is 32.0. The fourth-order valence-electron chi connectivity index (χ4n) is 4.69. The van der Waals surface area contributed by atoms with E-state index in [0.717, 1.165) is 34.0 Å². The predicted molar refractivity (Wildman–Crippen MR) is 151 cm³/mol. The zero-order valence-corrected chi connectivity index (χ0v) is 25.6. The number of alkyl halides is 1. The molecule has 1 saturated heterocycles. The molecule has 0 spiro atoms. The first-order valence-electron chi connectivity index (χ1n) is 13.4. The van der Waals surface area contributed by atoms with Crippen molar-refractivity contribution in [1.82, 2.24) is 18.8 Å². The molecule has 4 rings (SSSR count). The van der Waals surface area contributed by atoms with Gasteiger partial charge in [-0.05, 0) is 52.8 Å². The Kier molecular flexibility index (Phi) is 9.06. The van der Waals surface area contributed by atoms with E-state index in [1.165, 1.54) is 20.0 Å². The number of fused-ring (bicyclic) bond motifs is 1. The molecule has 13 nitrogen and oxygen atoms in total. The molecule has 0 saturated carbocycles. The first-order valence-corrected chi connectivity index (χ1v) is 15.0. The predicted octanol–water partition coefficient (Wildman–Crippen LogP) is 2.61. The summed E-state index contributed by atoms with van der Waals surface area (Å²) in [5.74, 6) is -2.11. The Bertz CT molecular complexity index is 1700. The van der Waals surface area contributed by atoms with Crippen molar-refractivity contribution < 1.29 is 41.8 Å². The molecule has 0 bridgehead atoms. The van der Waals surface area contributed by atoms with Gasteiger partial charge in [-0.15, -0.1) is 0 Å². The number of halogens is 2. The lowest BCUT2D eigenvalue weighted by atomic mass is 9.98. The van der Waals surface area contributed by atoms with E-state index in [0.29, 0.717) is 5.52 Å². The van der Waals surface area contributed by atoms with E-state index < -0.39 is 79.4 Å². The average Bonchev–Trinajstić information content (AvgIpc) is 3.34. The van der Waals surface area contributed by atoms with Crippen LogP contribution in [0.5, 0.6) is 5.75 Å². The van der Waals surface area contributed by atoms with Crippen LogP contribution in [0.15, 0.2) is 40.1 Å². The number of nitrogens with one attached hydrogen (secondary N) is 1. The Morgan fingerprint density at radius 2 is 1.88 bits per heavy atom. The van der Waals surface area contributed by atoms with Gasteiger partial charge in [0.05, 0.1) is 18.2 Å². The summed E-state index contributed by atoms with van der Waals surface area (Å²) < 4.78 is 70.3. The number of rotatable bonds is 10. The van der Waals surface area contributed by atoms with Crippen molar-refractivity contribution in [2.45, 2.75) is 70.9 Å². The monoisotopic (exact) mass is 628 g/mol. The van der Waals surface area contributed by atoms with Crippen molar-refractivity contribution in [2.75, 3.05) is 6.61 Å². The van der Waals surface area contributed by atoms with Crippen molar-refractivity contribution in [2.24, 2.45) is 14.1 Å². The second kappa shape index (κ2) is 12.0. The summed E-state index contributed by atoms with van der Waals surface area (Å²) in [5, 5.41) is 13.3. The minimum atomic E-state index is -4.67. The summed E-state index contributed by atoms with van der Waals surface area (Å²) in [6.07, 6.45) is -4.57. The SMILES string of the molecule is Cc1cc2c(F)c(O[P@](=O)(N[C@@H](C)C(=O)OC(C)C)OC[C@H]3O[C@@H](n4ccc(=O)n(C)c4=O)[C@](C)(F)[C@@H]3O)ccc2n1C. The number of aliphatic hydroxyl groups excluding tert-OH is 1. The summed E-state index contributed by atoms with van der Waals surface area (Å²) in [6.45, 7) is 6.55. The molecule has 1 aliphatic rings. The molecule has 236 valence electrons. The third-order valence-electron chi connectivity index (χ3n) is 7.24. The number of aliphatic hydroxyl groups is 1. The topological polar surface area (TPSA) is 152 Å². The van der Waals surface area contributed by atoms with Crippen LogP contribution in [0.2, 0.25) is 0 Å². The number of hydrogen-bond acceptors (Lipinski definition) is 9. The van der Waals surface area contributed by atoms with E-state index >= 15 is 8.78 Å². The van der Waals surface area contributed by atoms with Gasteiger partial charge >= 0.3 is 19.4 Å². The van der Waals surface area contributed by atoms with Gasteiger partial charge in [0.15, 0.2) is 23.5 Å². The number of aromatic nitrogens is 3. The highest BCUT2D eigenvalue weighted by Gasteiger charge is 2.56. The molecule has 6 atom stereocenters. The van der Waals surface area contributed by atoms with E-state index in [1.54, 1.807) is 44.5 Å². The van der Waals surface area contributed by atoms with Gasteiger partial charge in [0.25, 0.3) is 5.56 Å². The molecular weight excluding hydrogens is 593 g/mol. The highest BCUT2D eigenvalue weighted by molar-refractivity contribution is 7.52. The van der Waals surface area contributed by atoms with Gasteiger partial charge in [-0.25, -0.2) is 18.1 Å². The van der Waals surface area contributed by atoms with Crippen molar-refractivity contribution in [3.63, 3.8) is 0 Å². The van der Waals surface area contributed by atoms with Gasteiger partial charge in [0.1, 0.15) is 18.2 Å². The van der Waals surface area contributed by atoms with Crippen LogP contribution in [0, 0.1) is 12.7 Å². The summed E-state index contributed by atoms with van der Waals surface area (Å²) >= 11 is 0. The van der Waals surface area contributed by atoms with Gasteiger partial charge in [-0.3, -0.25) is 23.2 Å². The summed E-state index contributed by atoms with van der Waals surface area (Å²) in [7, 11) is -1.72. The van der Waals surface area contributed by atoms with E-state index in [9.17, 15) is 24.1 Å². The second-order valence-corrected chi connectivity index (χ2v) is 12.6. The van der Waals surface area contributed by atoms with Crippen LogP contribution in [-0.4, -0.2) is 61.4 Å². The van der Waals surface area contributed by atoms with E-state index in [4.69, 9.17) is 18.5 Å². The van der Waals surface area contributed by atoms with Gasteiger partial charge in [0, 0.05) is 37.4 Å². The van der Waals surface area contributed by atoms with Crippen molar-refractivity contribution in [1.29, 1.82) is 0 Å². The molecule has 1 aromatic carbocycles. The molecule has 43 heavy (non-hydrogen) atoms. The number of nitrogens with zero attached hydrogens (tertiary/aromatic N) is 3. The highest BCUT2D eigenvalue weighted by atomic mass is 31.2. The van der Waals surface area contributed by atoms with Crippen LogP contribution in [-0.2, 0) is 37.5 Å². The lowest BCUT2D eigenvalue weighted by molar-refractivity contribution is -0.149. The standard InChI is InChI=1S/C27H35F2N4O9P/c1-14(2)40-24(36)16(4)30-43(38,42-19-9-8-18-17(22(19)28)12-15(3)31(18)6)39-13-20-23(35)27(5,29)25(41-20)33-11-10-21(34)32(7)26(33)37/h8-12,14,16,20,23,25,35H,13H2,1-7H3,(H,30,38)/t16-,20+,23+,25+,27+,43-/m0/s1. The largest absolute Gasteiger partial charge is 0.462 e. The molecule has 1 fully saturated rings. The van der Waals surface area contributed by atoms with Gasteiger partial charge < -0.3 is 23.7 Å². The number of aryl methyl sites for hydroxylation is 2. The maximum Gasteiger partial charge on any atom is 0.459 e. The molecule has 0 radical (unpaired) electrons. The average molecular weight is 629 g/mol. The molecule has 0 amide bonds. The van der Waals surface area contributed by atoms with Crippen LogP contribution >= 0.6 is 7.75 Å². The molecular formula is C27H35F2N4O9P. The fraction of sp³-hybridized carbons (Fsp3) is 0.519. The van der Waals surface area contributed by atoms with Gasteiger partial charge in [0.2, 0.25) is 0 Å². The maximum absolute atomic E-state index is 15.8. The van der Waals surface area contributed by atoms with Crippen LogP contribution in [0.25, 0.3) is 10.9 Å². The summed E-state index contributed by atoms with van der Waals surface area (Å²) in [4.78, 5) is 36.9. The number of carbonyl (C=O) groups is 1. The Labute approximate surface area is 245 Å². The minimum Gasteiger partial charge on any atom is -0.462 e. The minimum absolute atomic E-state index is 0.185. The normalized spacial score (nSPS) is 24.3.